The molecule has 0 atom stereocenters. The van der Waals surface area contributed by atoms with Crippen molar-refractivity contribution in [1.29, 1.82) is 0 Å². The van der Waals surface area contributed by atoms with Gasteiger partial charge in [-0.1, -0.05) is 43.3 Å². The second-order valence-electron chi connectivity index (χ2n) is 7.50. The van der Waals surface area contributed by atoms with E-state index in [2.05, 4.69) is 16.0 Å². The Labute approximate surface area is 187 Å². The van der Waals surface area contributed by atoms with Crippen LogP contribution < -0.4 is 16.0 Å². The standard InChI is InChI=1S/C25H28N4O3/c1-3-29(17-25(32)27-21-13-11-20(12-14-21)26-18(2)30)16-15-24(31)28-23-10-6-8-19-7-4-5-9-22(19)23/h4-14H,3,15-17H2,1-2H3,(H,26,30)(H,27,32)(H,28,31). The van der Waals surface area contributed by atoms with Crippen LogP contribution in [0, 0.1) is 0 Å². The SMILES string of the molecule is CCN(CCC(=O)Nc1cccc2ccccc12)CC(=O)Nc1ccc(NC(C)=O)cc1. The van der Waals surface area contributed by atoms with Gasteiger partial charge in [0.05, 0.1) is 6.54 Å². The number of likely N-dealkylation sites (N-methyl/N-ethyl adjacent to an activating group) is 1. The van der Waals surface area contributed by atoms with Gasteiger partial charge >= 0.3 is 0 Å². The summed E-state index contributed by atoms with van der Waals surface area (Å²) in [7, 11) is 0. The summed E-state index contributed by atoms with van der Waals surface area (Å²) in [6, 6.07) is 20.7. The van der Waals surface area contributed by atoms with Gasteiger partial charge in [-0.2, -0.15) is 0 Å². The van der Waals surface area contributed by atoms with Gasteiger partial charge in [0.15, 0.2) is 0 Å². The average Bonchev–Trinajstić information content (AvgIpc) is 2.78. The lowest BCUT2D eigenvalue weighted by atomic mass is 10.1. The number of hydrogen-bond acceptors (Lipinski definition) is 4. The van der Waals surface area contributed by atoms with Crippen molar-refractivity contribution in [2.24, 2.45) is 0 Å². The Balaban J connectivity index is 1.48. The lowest BCUT2D eigenvalue weighted by Gasteiger charge is -2.19. The van der Waals surface area contributed by atoms with Crippen molar-refractivity contribution in [2.75, 3.05) is 35.6 Å². The highest BCUT2D eigenvalue weighted by molar-refractivity contribution is 6.02. The van der Waals surface area contributed by atoms with Crippen LogP contribution in [0.4, 0.5) is 17.1 Å². The normalized spacial score (nSPS) is 10.7. The first kappa shape index (κ1) is 23.0. The fourth-order valence-corrected chi connectivity index (χ4v) is 3.40. The zero-order chi connectivity index (χ0) is 22.9. The second kappa shape index (κ2) is 11.1. The summed E-state index contributed by atoms with van der Waals surface area (Å²) in [6.07, 6.45) is 0.287. The summed E-state index contributed by atoms with van der Waals surface area (Å²) < 4.78 is 0. The molecule has 0 unspecified atom stereocenters. The summed E-state index contributed by atoms with van der Waals surface area (Å²) in [5.74, 6) is -0.396. The maximum atomic E-state index is 12.5. The number of carbonyl (C=O) groups excluding carboxylic acids is 3. The molecule has 0 bridgehead atoms. The van der Waals surface area contributed by atoms with Crippen LogP contribution in [0.1, 0.15) is 20.3 Å². The van der Waals surface area contributed by atoms with Crippen molar-refractivity contribution in [2.45, 2.75) is 20.3 Å². The molecular weight excluding hydrogens is 404 g/mol. The van der Waals surface area contributed by atoms with E-state index in [-0.39, 0.29) is 30.7 Å². The smallest absolute Gasteiger partial charge is 0.238 e. The molecular formula is C25H28N4O3. The molecule has 7 nitrogen and oxygen atoms in total. The molecule has 3 rings (SSSR count). The van der Waals surface area contributed by atoms with Crippen LogP contribution in [-0.2, 0) is 14.4 Å². The quantitative estimate of drug-likeness (QED) is 0.475. The Morgan fingerprint density at radius 1 is 0.781 bits per heavy atom. The Morgan fingerprint density at radius 3 is 2.12 bits per heavy atom. The number of nitrogens with one attached hydrogen (secondary N) is 3. The molecule has 7 heteroatoms. The first-order valence-corrected chi connectivity index (χ1v) is 10.6. The molecule has 0 fully saturated rings. The molecule has 0 spiro atoms. The van der Waals surface area contributed by atoms with E-state index in [0.717, 1.165) is 16.5 Å². The number of amides is 3. The number of hydrogen-bond donors (Lipinski definition) is 3. The van der Waals surface area contributed by atoms with E-state index in [1.165, 1.54) is 6.92 Å². The third kappa shape index (κ3) is 6.65. The van der Waals surface area contributed by atoms with E-state index in [1.807, 2.05) is 54.3 Å². The number of benzene rings is 3. The predicted molar refractivity (Wildman–Crippen MR) is 129 cm³/mol. The molecule has 0 aliphatic heterocycles. The van der Waals surface area contributed by atoms with E-state index in [1.54, 1.807) is 24.3 Å². The first-order valence-electron chi connectivity index (χ1n) is 10.6. The molecule has 0 aliphatic carbocycles. The van der Waals surface area contributed by atoms with Gasteiger partial charge in [-0.3, -0.25) is 19.3 Å². The van der Waals surface area contributed by atoms with Gasteiger partial charge in [-0.05, 0) is 42.3 Å². The molecule has 166 valence electrons. The molecule has 3 N–H and O–H groups in total. The number of rotatable bonds is 9. The van der Waals surface area contributed by atoms with Crippen molar-refractivity contribution in [1.82, 2.24) is 4.90 Å². The van der Waals surface area contributed by atoms with Crippen LogP contribution in [0.2, 0.25) is 0 Å². The molecule has 0 aromatic heterocycles. The zero-order valence-electron chi connectivity index (χ0n) is 18.4. The molecule has 0 saturated heterocycles. The highest BCUT2D eigenvalue weighted by Crippen LogP contribution is 2.23. The largest absolute Gasteiger partial charge is 0.326 e. The minimum Gasteiger partial charge on any atom is -0.326 e. The second-order valence-corrected chi connectivity index (χ2v) is 7.50. The highest BCUT2D eigenvalue weighted by atomic mass is 16.2. The van der Waals surface area contributed by atoms with E-state index < -0.39 is 0 Å². The van der Waals surface area contributed by atoms with Crippen LogP contribution in [0.5, 0.6) is 0 Å². The lowest BCUT2D eigenvalue weighted by molar-refractivity contribution is -0.119. The molecule has 3 aromatic carbocycles. The zero-order valence-corrected chi connectivity index (χ0v) is 18.4. The van der Waals surface area contributed by atoms with Crippen molar-refractivity contribution >= 4 is 45.6 Å². The minimum atomic E-state index is -0.159. The van der Waals surface area contributed by atoms with Crippen LogP contribution in [-0.4, -0.2) is 42.3 Å². The fraction of sp³-hybridized carbons (Fsp3) is 0.240. The molecule has 0 saturated carbocycles. The number of fused-ring (bicyclic) bond motifs is 1. The Bertz CT molecular complexity index is 1090. The van der Waals surface area contributed by atoms with Crippen molar-refractivity contribution in [3.63, 3.8) is 0 Å². The monoisotopic (exact) mass is 432 g/mol. The van der Waals surface area contributed by atoms with Crippen molar-refractivity contribution < 1.29 is 14.4 Å². The van der Waals surface area contributed by atoms with Gasteiger partial charge in [0, 0.05) is 42.3 Å². The lowest BCUT2D eigenvalue weighted by Crippen LogP contribution is -2.35. The third-order valence-electron chi connectivity index (χ3n) is 5.02. The van der Waals surface area contributed by atoms with Gasteiger partial charge < -0.3 is 16.0 Å². The summed E-state index contributed by atoms with van der Waals surface area (Å²) in [5.41, 5.74) is 2.10. The molecule has 0 aliphatic rings. The molecule has 0 heterocycles. The summed E-state index contributed by atoms with van der Waals surface area (Å²) in [6.45, 7) is 4.71. The minimum absolute atomic E-state index is 0.0891. The third-order valence-corrected chi connectivity index (χ3v) is 5.02. The van der Waals surface area contributed by atoms with E-state index >= 15 is 0 Å². The van der Waals surface area contributed by atoms with Crippen molar-refractivity contribution in [3.8, 4) is 0 Å². The van der Waals surface area contributed by atoms with Gasteiger partial charge in [0.1, 0.15) is 0 Å². The Hall–Kier alpha value is -3.71. The van der Waals surface area contributed by atoms with E-state index in [0.29, 0.717) is 24.5 Å². The molecule has 0 radical (unpaired) electrons. The van der Waals surface area contributed by atoms with Crippen LogP contribution in [0.25, 0.3) is 10.8 Å². The maximum Gasteiger partial charge on any atom is 0.238 e. The van der Waals surface area contributed by atoms with Gasteiger partial charge in [-0.15, -0.1) is 0 Å². The highest BCUT2D eigenvalue weighted by Gasteiger charge is 2.12. The Kier molecular flexibility index (Phi) is 7.94. The number of anilines is 3. The summed E-state index contributed by atoms with van der Waals surface area (Å²) >= 11 is 0. The fourth-order valence-electron chi connectivity index (χ4n) is 3.40. The van der Waals surface area contributed by atoms with E-state index in [9.17, 15) is 14.4 Å². The summed E-state index contributed by atoms with van der Waals surface area (Å²) in [4.78, 5) is 37.9. The van der Waals surface area contributed by atoms with Gasteiger partial charge in [0.2, 0.25) is 17.7 Å². The topological polar surface area (TPSA) is 90.5 Å². The van der Waals surface area contributed by atoms with E-state index in [4.69, 9.17) is 0 Å². The molecule has 3 aromatic rings. The summed E-state index contributed by atoms with van der Waals surface area (Å²) in [5, 5.41) is 10.6. The predicted octanol–water partition coefficient (Wildman–Crippen LogP) is 4.09. The Morgan fingerprint density at radius 2 is 1.44 bits per heavy atom. The van der Waals surface area contributed by atoms with Gasteiger partial charge in [0.25, 0.3) is 0 Å². The number of carbonyl (C=O) groups is 3. The van der Waals surface area contributed by atoms with Crippen LogP contribution >= 0.6 is 0 Å². The van der Waals surface area contributed by atoms with Crippen molar-refractivity contribution in [3.05, 3.63) is 66.7 Å². The number of nitrogens with zero attached hydrogens (tertiary/aromatic N) is 1. The maximum absolute atomic E-state index is 12.5. The molecule has 3 amide bonds. The molecule has 32 heavy (non-hydrogen) atoms. The van der Waals surface area contributed by atoms with Crippen LogP contribution in [0.3, 0.4) is 0 Å². The average molecular weight is 433 g/mol. The first-order chi connectivity index (χ1) is 15.4. The van der Waals surface area contributed by atoms with Crippen LogP contribution in [0.15, 0.2) is 66.7 Å². The van der Waals surface area contributed by atoms with Gasteiger partial charge in [-0.25, -0.2) is 0 Å².